The SMILES string of the molecule is C[C@@H](C[C@@H]1O[C@@H]1CO)O[Si](C)(C)C(C)(C)C. The molecule has 0 aliphatic carbocycles. The van der Waals surface area contributed by atoms with Crippen LogP contribution in [0.2, 0.25) is 18.1 Å². The van der Waals surface area contributed by atoms with Crippen molar-refractivity contribution in [1.82, 2.24) is 0 Å². The third-order valence-electron chi connectivity index (χ3n) is 3.73. The monoisotopic (exact) mass is 246 g/mol. The van der Waals surface area contributed by atoms with Crippen molar-refractivity contribution in [1.29, 1.82) is 0 Å². The van der Waals surface area contributed by atoms with E-state index >= 15 is 0 Å². The largest absolute Gasteiger partial charge is 0.414 e. The quantitative estimate of drug-likeness (QED) is 0.599. The fraction of sp³-hybridized carbons (Fsp3) is 1.00. The van der Waals surface area contributed by atoms with E-state index < -0.39 is 8.32 Å². The number of epoxide rings is 1. The van der Waals surface area contributed by atoms with Crippen LogP contribution < -0.4 is 0 Å². The Balaban J connectivity index is 2.37. The van der Waals surface area contributed by atoms with Crippen molar-refractivity contribution in [3.63, 3.8) is 0 Å². The molecular weight excluding hydrogens is 220 g/mol. The molecule has 1 aliphatic rings. The van der Waals surface area contributed by atoms with Crippen molar-refractivity contribution >= 4 is 8.32 Å². The van der Waals surface area contributed by atoms with Crippen molar-refractivity contribution in [2.45, 2.75) is 70.6 Å². The standard InChI is InChI=1S/C12H26O3Si/c1-9(7-10-11(8-13)14-10)15-16(5,6)12(2,3)4/h9-11,13H,7-8H2,1-6H3/t9-,10-,11+/m0/s1. The molecule has 0 unspecified atom stereocenters. The van der Waals surface area contributed by atoms with Crippen molar-refractivity contribution in [2.75, 3.05) is 6.61 Å². The van der Waals surface area contributed by atoms with Crippen LogP contribution in [0.1, 0.15) is 34.1 Å². The number of ether oxygens (including phenoxy) is 1. The Kier molecular flexibility index (Phi) is 4.22. The predicted molar refractivity (Wildman–Crippen MR) is 68.1 cm³/mol. The van der Waals surface area contributed by atoms with Crippen LogP contribution in [0.5, 0.6) is 0 Å². The molecule has 1 aliphatic heterocycles. The zero-order valence-corrected chi connectivity index (χ0v) is 12.4. The minimum atomic E-state index is -1.66. The highest BCUT2D eigenvalue weighted by molar-refractivity contribution is 6.74. The summed E-state index contributed by atoms with van der Waals surface area (Å²) < 4.78 is 11.5. The molecule has 1 fully saturated rings. The Labute approximate surface area is 100 Å². The summed E-state index contributed by atoms with van der Waals surface area (Å²) in [6, 6.07) is 0. The molecule has 0 spiro atoms. The average molecular weight is 246 g/mol. The lowest BCUT2D eigenvalue weighted by atomic mass is 10.2. The fourth-order valence-corrected chi connectivity index (χ4v) is 3.06. The van der Waals surface area contributed by atoms with Crippen LogP contribution in [0.15, 0.2) is 0 Å². The van der Waals surface area contributed by atoms with Crippen LogP contribution in [0, 0.1) is 0 Å². The minimum absolute atomic E-state index is 0.0606. The Morgan fingerprint density at radius 3 is 2.25 bits per heavy atom. The second-order valence-electron chi connectivity index (χ2n) is 6.32. The molecular formula is C12H26O3Si. The molecule has 0 aromatic carbocycles. The number of aliphatic hydroxyl groups excluding tert-OH is 1. The molecule has 0 saturated carbocycles. The maximum atomic E-state index is 8.89. The summed E-state index contributed by atoms with van der Waals surface area (Å²) in [5.41, 5.74) is 0. The van der Waals surface area contributed by atoms with E-state index in [1.54, 1.807) is 0 Å². The molecule has 0 aromatic heterocycles. The molecule has 96 valence electrons. The first-order valence-corrected chi connectivity index (χ1v) is 9.02. The summed E-state index contributed by atoms with van der Waals surface area (Å²) in [6.45, 7) is 13.5. The summed E-state index contributed by atoms with van der Waals surface area (Å²) in [5, 5.41) is 9.15. The highest BCUT2D eigenvalue weighted by Gasteiger charge is 2.42. The van der Waals surface area contributed by atoms with Crippen LogP contribution in [0.25, 0.3) is 0 Å². The second-order valence-corrected chi connectivity index (χ2v) is 11.1. The maximum Gasteiger partial charge on any atom is 0.192 e. The van der Waals surface area contributed by atoms with Crippen LogP contribution in [-0.2, 0) is 9.16 Å². The summed E-state index contributed by atoms with van der Waals surface area (Å²) in [7, 11) is -1.66. The Morgan fingerprint density at radius 2 is 1.88 bits per heavy atom. The molecule has 3 nitrogen and oxygen atoms in total. The van der Waals surface area contributed by atoms with Gasteiger partial charge >= 0.3 is 0 Å². The smallest absolute Gasteiger partial charge is 0.192 e. The topological polar surface area (TPSA) is 42.0 Å². The summed E-state index contributed by atoms with van der Waals surface area (Å²) >= 11 is 0. The first-order valence-electron chi connectivity index (χ1n) is 6.11. The molecule has 1 saturated heterocycles. The lowest BCUT2D eigenvalue weighted by Gasteiger charge is -2.38. The Hall–Kier alpha value is 0.0969. The van der Waals surface area contributed by atoms with Gasteiger partial charge in [-0.05, 0) is 25.1 Å². The van der Waals surface area contributed by atoms with Crippen LogP contribution >= 0.6 is 0 Å². The van der Waals surface area contributed by atoms with E-state index in [0.29, 0.717) is 0 Å². The van der Waals surface area contributed by atoms with Gasteiger partial charge in [-0.25, -0.2) is 0 Å². The molecule has 4 heteroatoms. The van der Waals surface area contributed by atoms with Gasteiger partial charge in [-0.3, -0.25) is 0 Å². The third kappa shape index (κ3) is 3.55. The lowest BCUT2D eigenvalue weighted by molar-refractivity contribution is 0.175. The number of hydrogen-bond donors (Lipinski definition) is 1. The average Bonchev–Trinajstić information content (AvgIpc) is 2.79. The summed E-state index contributed by atoms with van der Waals surface area (Å²) in [4.78, 5) is 0. The number of aliphatic hydroxyl groups is 1. The van der Waals surface area contributed by atoms with Crippen molar-refractivity contribution in [2.24, 2.45) is 0 Å². The first kappa shape index (κ1) is 14.2. The van der Waals surface area contributed by atoms with Crippen molar-refractivity contribution < 1.29 is 14.3 Å². The van der Waals surface area contributed by atoms with Crippen molar-refractivity contribution in [3.8, 4) is 0 Å². The zero-order valence-electron chi connectivity index (χ0n) is 11.4. The van der Waals surface area contributed by atoms with E-state index in [-0.39, 0.29) is 30.0 Å². The highest BCUT2D eigenvalue weighted by Crippen LogP contribution is 2.38. The minimum Gasteiger partial charge on any atom is -0.414 e. The van der Waals surface area contributed by atoms with Gasteiger partial charge in [0.25, 0.3) is 0 Å². The molecule has 0 amide bonds. The molecule has 0 radical (unpaired) electrons. The van der Waals surface area contributed by atoms with Gasteiger partial charge in [-0.1, -0.05) is 20.8 Å². The van der Waals surface area contributed by atoms with E-state index in [9.17, 15) is 0 Å². The van der Waals surface area contributed by atoms with Gasteiger partial charge in [-0.15, -0.1) is 0 Å². The molecule has 0 bridgehead atoms. The zero-order chi connectivity index (χ0) is 12.6. The van der Waals surface area contributed by atoms with E-state index in [1.165, 1.54) is 0 Å². The normalized spacial score (nSPS) is 27.9. The first-order chi connectivity index (χ1) is 7.17. The van der Waals surface area contributed by atoms with Gasteiger partial charge < -0.3 is 14.3 Å². The maximum absolute atomic E-state index is 8.89. The van der Waals surface area contributed by atoms with Crippen LogP contribution in [0.4, 0.5) is 0 Å². The molecule has 3 atom stereocenters. The predicted octanol–water partition coefficient (Wildman–Crippen LogP) is 2.55. The highest BCUT2D eigenvalue weighted by atomic mass is 28.4. The number of hydrogen-bond acceptors (Lipinski definition) is 3. The van der Waals surface area contributed by atoms with Crippen LogP contribution in [-0.4, -0.2) is 38.3 Å². The molecule has 1 N–H and O–H groups in total. The van der Waals surface area contributed by atoms with Gasteiger partial charge in [0.2, 0.25) is 0 Å². The third-order valence-corrected chi connectivity index (χ3v) is 8.34. The summed E-state index contributed by atoms with van der Waals surface area (Å²) in [5.74, 6) is 0. The lowest BCUT2D eigenvalue weighted by Crippen LogP contribution is -2.43. The van der Waals surface area contributed by atoms with Gasteiger partial charge in [0.1, 0.15) is 6.10 Å². The van der Waals surface area contributed by atoms with Gasteiger partial charge in [0, 0.05) is 12.5 Å². The molecule has 0 aromatic rings. The van der Waals surface area contributed by atoms with E-state index in [2.05, 4.69) is 40.8 Å². The van der Waals surface area contributed by atoms with Gasteiger partial charge in [0.15, 0.2) is 8.32 Å². The van der Waals surface area contributed by atoms with E-state index in [4.69, 9.17) is 14.3 Å². The van der Waals surface area contributed by atoms with E-state index in [0.717, 1.165) is 6.42 Å². The fourth-order valence-electron chi connectivity index (χ4n) is 1.60. The van der Waals surface area contributed by atoms with Gasteiger partial charge in [0.05, 0.1) is 12.7 Å². The molecule has 16 heavy (non-hydrogen) atoms. The Bertz CT molecular complexity index is 235. The van der Waals surface area contributed by atoms with Crippen molar-refractivity contribution in [3.05, 3.63) is 0 Å². The summed E-state index contributed by atoms with van der Waals surface area (Å²) in [6.07, 6.45) is 1.40. The van der Waals surface area contributed by atoms with E-state index in [1.807, 2.05) is 0 Å². The molecule has 1 rings (SSSR count). The Morgan fingerprint density at radius 1 is 1.31 bits per heavy atom. The number of rotatable bonds is 5. The van der Waals surface area contributed by atoms with Crippen LogP contribution in [0.3, 0.4) is 0 Å². The molecule has 1 heterocycles. The van der Waals surface area contributed by atoms with Gasteiger partial charge in [-0.2, -0.15) is 0 Å². The second kappa shape index (κ2) is 4.76.